The lowest BCUT2D eigenvalue weighted by Crippen LogP contribution is -1.86. The van der Waals surface area contributed by atoms with Gasteiger partial charge in [0.15, 0.2) is 0 Å². The van der Waals surface area contributed by atoms with E-state index in [0.717, 1.165) is 12.8 Å². The number of carboxylic acids is 1. The molecule has 0 aliphatic heterocycles. The Hall–Kier alpha value is -2.01. The molecule has 16 heavy (non-hydrogen) atoms. The zero-order valence-corrected chi connectivity index (χ0v) is 9.02. The van der Waals surface area contributed by atoms with E-state index < -0.39 is 5.97 Å². The lowest BCUT2D eigenvalue weighted by molar-refractivity contribution is -0.130. The second kappa shape index (κ2) is 7.30. The van der Waals surface area contributed by atoms with Gasteiger partial charge < -0.3 is 5.11 Å². The molecule has 0 fully saturated rings. The van der Waals surface area contributed by atoms with Crippen LogP contribution in [0.4, 0.5) is 0 Å². The zero-order chi connectivity index (χ0) is 11.6. The number of carbonyl (C=O) groups is 1. The van der Waals surface area contributed by atoms with Crippen LogP contribution in [0.15, 0.2) is 36.4 Å². The topological polar surface area (TPSA) is 37.3 Å². The number of unbranched alkanes of at least 4 members (excludes halogenated alkanes) is 2. The Morgan fingerprint density at radius 3 is 2.75 bits per heavy atom. The first kappa shape index (κ1) is 12.1. The molecule has 1 rings (SSSR count). The molecule has 1 aromatic rings. The molecule has 0 saturated carbocycles. The highest BCUT2D eigenvalue weighted by atomic mass is 16.4. The van der Waals surface area contributed by atoms with E-state index in [4.69, 9.17) is 5.11 Å². The van der Waals surface area contributed by atoms with E-state index in [9.17, 15) is 4.79 Å². The minimum absolute atomic E-state index is 0.630. The third-order valence-corrected chi connectivity index (χ3v) is 1.98. The fourth-order valence-corrected chi connectivity index (χ4v) is 1.23. The van der Waals surface area contributed by atoms with Crippen molar-refractivity contribution in [2.24, 2.45) is 0 Å². The van der Waals surface area contributed by atoms with Crippen LogP contribution in [0.1, 0.15) is 24.8 Å². The predicted molar refractivity (Wildman–Crippen MR) is 64.7 cm³/mol. The first-order valence-electron chi connectivity index (χ1n) is 5.22. The molecule has 1 N–H and O–H groups in total. The molecule has 0 amide bonds. The number of hydrogen-bond donors (Lipinski definition) is 1. The number of benzene rings is 1. The highest BCUT2D eigenvalue weighted by Gasteiger charge is 1.85. The van der Waals surface area contributed by atoms with Crippen molar-refractivity contribution in [3.63, 3.8) is 0 Å². The summed E-state index contributed by atoms with van der Waals surface area (Å²) in [5.74, 6) is 3.64. The van der Waals surface area contributed by atoms with Crippen LogP contribution in [0, 0.1) is 11.8 Å². The smallest absolute Gasteiger partial charge is 0.381 e. The Labute approximate surface area is 95.6 Å². The maximum absolute atomic E-state index is 10.1. The number of hydrogen-bond acceptors (Lipinski definition) is 1. The zero-order valence-electron chi connectivity index (χ0n) is 9.02. The molecular formula is C14H14O2. The summed E-state index contributed by atoms with van der Waals surface area (Å²) < 4.78 is 0. The third-order valence-electron chi connectivity index (χ3n) is 1.98. The molecule has 0 aliphatic rings. The Morgan fingerprint density at radius 1 is 1.31 bits per heavy atom. The van der Waals surface area contributed by atoms with Crippen LogP contribution in [-0.2, 0) is 4.79 Å². The molecule has 0 radical (unpaired) electrons. The molecule has 0 aliphatic carbocycles. The van der Waals surface area contributed by atoms with Gasteiger partial charge in [0.2, 0.25) is 0 Å². The summed E-state index contributed by atoms with van der Waals surface area (Å²) in [6.45, 7) is 0. The second-order valence-corrected chi connectivity index (χ2v) is 3.31. The maximum Gasteiger partial charge on any atom is 0.381 e. The summed E-state index contributed by atoms with van der Waals surface area (Å²) in [5.41, 5.74) is 1.18. The van der Waals surface area contributed by atoms with Gasteiger partial charge in [0.05, 0.1) is 0 Å². The van der Waals surface area contributed by atoms with Crippen molar-refractivity contribution in [1.29, 1.82) is 0 Å². The van der Waals surface area contributed by atoms with E-state index >= 15 is 0 Å². The van der Waals surface area contributed by atoms with E-state index in [0.29, 0.717) is 6.42 Å². The fraction of sp³-hybridized carbons (Fsp3) is 0.214. The summed E-state index contributed by atoms with van der Waals surface area (Å²) >= 11 is 0. The SMILES string of the molecule is O=C(O)C#CCCCC=Cc1ccccc1. The Kier molecular flexibility index (Phi) is 5.51. The molecule has 0 saturated heterocycles. The molecule has 2 heteroatoms. The van der Waals surface area contributed by atoms with Crippen molar-refractivity contribution in [2.75, 3.05) is 0 Å². The summed E-state index contributed by atoms with van der Waals surface area (Å²) in [6, 6.07) is 10.1. The van der Waals surface area contributed by atoms with Gasteiger partial charge in [0.25, 0.3) is 0 Å². The third kappa shape index (κ3) is 5.66. The maximum atomic E-state index is 10.1. The molecule has 0 heterocycles. The number of allylic oxidation sites excluding steroid dienone is 1. The Morgan fingerprint density at radius 2 is 2.06 bits per heavy atom. The average Bonchev–Trinajstić information content (AvgIpc) is 2.29. The molecule has 82 valence electrons. The van der Waals surface area contributed by atoms with Crippen LogP contribution in [0.3, 0.4) is 0 Å². The highest BCUT2D eigenvalue weighted by molar-refractivity contribution is 5.86. The minimum atomic E-state index is -1.06. The first-order chi connectivity index (χ1) is 7.79. The van der Waals surface area contributed by atoms with Gasteiger partial charge >= 0.3 is 5.97 Å². The van der Waals surface area contributed by atoms with Crippen LogP contribution >= 0.6 is 0 Å². The molecule has 2 nitrogen and oxygen atoms in total. The standard InChI is InChI=1S/C14H14O2/c15-14(16)12-8-3-1-2-5-9-13-10-6-4-7-11-13/h4-7,9-11H,1-3H2,(H,15,16). The van der Waals surface area contributed by atoms with Crippen LogP contribution < -0.4 is 0 Å². The quantitative estimate of drug-likeness (QED) is 0.618. The van der Waals surface area contributed by atoms with Crippen molar-refractivity contribution in [1.82, 2.24) is 0 Å². The van der Waals surface area contributed by atoms with Gasteiger partial charge in [-0.05, 0) is 18.4 Å². The molecule has 0 spiro atoms. The van der Waals surface area contributed by atoms with E-state index in [1.165, 1.54) is 5.56 Å². The van der Waals surface area contributed by atoms with Gasteiger partial charge in [-0.3, -0.25) is 0 Å². The highest BCUT2D eigenvalue weighted by Crippen LogP contribution is 2.03. The fourth-order valence-electron chi connectivity index (χ4n) is 1.23. The van der Waals surface area contributed by atoms with E-state index in [1.54, 1.807) is 0 Å². The monoisotopic (exact) mass is 214 g/mol. The van der Waals surface area contributed by atoms with Crippen molar-refractivity contribution in [3.8, 4) is 11.8 Å². The van der Waals surface area contributed by atoms with Crippen LogP contribution in [0.5, 0.6) is 0 Å². The molecule has 0 aromatic heterocycles. The molecule has 0 atom stereocenters. The summed E-state index contributed by atoms with van der Waals surface area (Å²) in [7, 11) is 0. The average molecular weight is 214 g/mol. The second-order valence-electron chi connectivity index (χ2n) is 3.31. The van der Waals surface area contributed by atoms with Gasteiger partial charge in [0, 0.05) is 12.3 Å². The van der Waals surface area contributed by atoms with E-state index in [-0.39, 0.29) is 0 Å². The first-order valence-corrected chi connectivity index (χ1v) is 5.22. The largest absolute Gasteiger partial charge is 0.472 e. The van der Waals surface area contributed by atoms with Crippen molar-refractivity contribution in [2.45, 2.75) is 19.3 Å². The van der Waals surface area contributed by atoms with Gasteiger partial charge in [0.1, 0.15) is 0 Å². The number of rotatable bonds is 4. The molecule has 0 bridgehead atoms. The summed E-state index contributed by atoms with van der Waals surface area (Å²) in [4.78, 5) is 10.1. The number of aliphatic carboxylic acids is 1. The van der Waals surface area contributed by atoms with E-state index in [2.05, 4.69) is 24.0 Å². The summed E-state index contributed by atoms with van der Waals surface area (Å²) in [5, 5.41) is 8.28. The summed E-state index contributed by atoms with van der Waals surface area (Å²) in [6.07, 6.45) is 6.58. The van der Waals surface area contributed by atoms with Crippen LogP contribution in [0.25, 0.3) is 6.08 Å². The Bertz CT molecular complexity index is 407. The minimum Gasteiger partial charge on any atom is -0.472 e. The van der Waals surface area contributed by atoms with Gasteiger partial charge in [-0.2, -0.15) is 0 Å². The number of carboxylic acid groups (broad SMARTS) is 1. The lowest BCUT2D eigenvalue weighted by atomic mass is 10.1. The van der Waals surface area contributed by atoms with Gasteiger partial charge in [-0.15, -0.1) is 0 Å². The van der Waals surface area contributed by atoms with Crippen molar-refractivity contribution in [3.05, 3.63) is 42.0 Å². The van der Waals surface area contributed by atoms with E-state index in [1.807, 2.05) is 30.3 Å². The predicted octanol–water partition coefficient (Wildman–Crippen LogP) is 2.96. The van der Waals surface area contributed by atoms with Gasteiger partial charge in [-0.1, -0.05) is 48.4 Å². The van der Waals surface area contributed by atoms with Crippen molar-refractivity contribution >= 4 is 12.0 Å². The molecule has 1 aromatic carbocycles. The Balaban J connectivity index is 2.20. The van der Waals surface area contributed by atoms with Crippen LogP contribution in [0.2, 0.25) is 0 Å². The van der Waals surface area contributed by atoms with Crippen molar-refractivity contribution < 1.29 is 9.90 Å². The molecule has 0 unspecified atom stereocenters. The molecular weight excluding hydrogens is 200 g/mol. The normalized spacial score (nSPS) is 9.75. The van der Waals surface area contributed by atoms with Crippen LogP contribution in [-0.4, -0.2) is 11.1 Å². The van der Waals surface area contributed by atoms with Gasteiger partial charge in [-0.25, -0.2) is 4.79 Å². The lowest BCUT2D eigenvalue weighted by Gasteiger charge is -1.91.